The summed E-state index contributed by atoms with van der Waals surface area (Å²) in [6, 6.07) is 1.83. The standard InChI is InChI=1S/C15H23N3O/c1-10-8-11(16)9-17-13(10)18-14(19)12-6-4-5-7-15(12,2)3/h8-9,12H,4-7,16H2,1-3H3,(H,17,18,19). The molecule has 1 aliphatic carbocycles. The van der Waals surface area contributed by atoms with Gasteiger partial charge < -0.3 is 11.1 Å². The topological polar surface area (TPSA) is 68.0 Å². The third-order valence-corrected chi connectivity index (χ3v) is 4.16. The first-order valence-electron chi connectivity index (χ1n) is 6.93. The molecule has 19 heavy (non-hydrogen) atoms. The number of nitrogens with two attached hydrogens (primary N) is 1. The smallest absolute Gasteiger partial charge is 0.229 e. The lowest BCUT2D eigenvalue weighted by Gasteiger charge is -2.37. The number of carbonyl (C=O) groups is 1. The summed E-state index contributed by atoms with van der Waals surface area (Å²) in [6.07, 6.45) is 6.01. The Labute approximate surface area is 114 Å². The van der Waals surface area contributed by atoms with E-state index in [2.05, 4.69) is 24.1 Å². The van der Waals surface area contributed by atoms with E-state index in [1.165, 1.54) is 6.42 Å². The Hall–Kier alpha value is -1.58. The third-order valence-electron chi connectivity index (χ3n) is 4.16. The van der Waals surface area contributed by atoms with Crippen LogP contribution in [-0.4, -0.2) is 10.9 Å². The molecule has 1 atom stereocenters. The van der Waals surface area contributed by atoms with Crippen LogP contribution in [-0.2, 0) is 4.79 Å². The fourth-order valence-electron chi connectivity index (χ4n) is 2.91. The summed E-state index contributed by atoms with van der Waals surface area (Å²) in [5, 5.41) is 2.96. The van der Waals surface area contributed by atoms with Gasteiger partial charge in [0, 0.05) is 5.92 Å². The van der Waals surface area contributed by atoms with Crippen molar-refractivity contribution in [2.75, 3.05) is 11.1 Å². The maximum absolute atomic E-state index is 12.4. The summed E-state index contributed by atoms with van der Waals surface area (Å²) >= 11 is 0. The maximum Gasteiger partial charge on any atom is 0.229 e. The summed E-state index contributed by atoms with van der Waals surface area (Å²) in [5.41, 5.74) is 7.27. The maximum atomic E-state index is 12.4. The summed E-state index contributed by atoms with van der Waals surface area (Å²) in [6.45, 7) is 6.27. The van der Waals surface area contributed by atoms with Gasteiger partial charge in [0.1, 0.15) is 5.82 Å². The van der Waals surface area contributed by atoms with Gasteiger partial charge in [-0.15, -0.1) is 0 Å². The minimum Gasteiger partial charge on any atom is -0.397 e. The lowest BCUT2D eigenvalue weighted by atomic mass is 9.68. The quantitative estimate of drug-likeness (QED) is 0.859. The summed E-state index contributed by atoms with van der Waals surface area (Å²) in [7, 11) is 0. The van der Waals surface area contributed by atoms with Gasteiger partial charge >= 0.3 is 0 Å². The number of carbonyl (C=O) groups excluding carboxylic acids is 1. The van der Waals surface area contributed by atoms with E-state index in [0.29, 0.717) is 11.5 Å². The van der Waals surface area contributed by atoms with Crippen LogP contribution in [0.1, 0.15) is 45.1 Å². The van der Waals surface area contributed by atoms with Crippen LogP contribution in [0.4, 0.5) is 11.5 Å². The van der Waals surface area contributed by atoms with Gasteiger partial charge in [-0.25, -0.2) is 4.98 Å². The molecule has 0 spiro atoms. The molecule has 0 radical (unpaired) electrons. The molecule has 4 heteroatoms. The van der Waals surface area contributed by atoms with E-state index < -0.39 is 0 Å². The van der Waals surface area contributed by atoms with Crippen molar-refractivity contribution < 1.29 is 4.79 Å². The predicted octanol–water partition coefficient (Wildman–Crippen LogP) is 3.13. The Kier molecular flexibility index (Phi) is 3.78. The lowest BCUT2D eigenvalue weighted by molar-refractivity contribution is -0.124. The van der Waals surface area contributed by atoms with Crippen molar-refractivity contribution in [1.82, 2.24) is 4.98 Å². The molecule has 1 aliphatic rings. The van der Waals surface area contributed by atoms with E-state index in [1.807, 2.05) is 13.0 Å². The van der Waals surface area contributed by atoms with Gasteiger partial charge in [0.25, 0.3) is 0 Å². The molecule has 1 saturated carbocycles. The van der Waals surface area contributed by atoms with Gasteiger partial charge in [0.2, 0.25) is 5.91 Å². The Morgan fingerprint density at radius 1 is 1.47 bits per heavy atom. The number of hydrogen-bond acceptors (Lipinski definition) is 3. The highest BCUT2D eigenvalue weighted by Gasteiger charge is 2.37. The molecule has 1 aromatic rings. The van der Waals surface area contributed by atoms with Crippen LogP contribution in [0.15, 0.2) is 12.3 Å². The second kappa shape index (κ2) is 5.19. The molecule has 1 amide bonds. The molecule has 1 heterocycles. The van der Waals surface area contributed by atoms with Gasteiger partial charge in [0.05, 0.1) is 11.9 Å². The molecule has 1 unspecified atom stereocenters. The number of hydrogen-bond donors (Lipinski definition) is 2. The number of nitrogens with zero attached hydrogens (tertiary/aromatic N) is 1. The van der Waals surface area contributed by atoms with Crippen molar-refractivity contribution >= 4 is 17.4 Å². The normalized spacial score (nSPS) is 21.9. The number of nitrogen functional groups attached to an aromatic ring is 1. The van der Waals surface area contributed by atoms with E-state index in [0.717, 1.165) is 24.8 Å². The molecule has 4 nitrogen and oxygen atoms in total. The molecular weight excluding hydrogens is 238 g/mol. The van der Waals surface area contributed by atoms with E-state index in [9.17, 15) is 4.79 Å². The first-order chi connectivity index (χ1) is 8.90. The fraction of sp³-hybridized carbons (Fsp3) is 0.600. The summed E-state index contributed by atoms with van der Waals surface area (Å²) < 4.78 is 0. The second-order valence-corrected chi connectivity index (χ2v) is 6.21. The SMILES string of the molecule is Cc1cc(N)cnc1NC(=O)C1CCCCC1(C)C. The predicted molar refractivity (Wildman–Crippen MR) is 77.8 cm³/mol. The molecule has 2 rings (SSSR count). The molecule has 0 aromatic carbocycles. The average Bonchev–Trinajstić information content (AvgIpc) is 2.32. The van der Waals surface area contributed by atoms with E-state index in [4.69, 9.17) is 5.73 Å². The van der Waals surface area contributed by atoms with Crippen molar-refractivity contribution in [2.45, 2.75) is 46.5 Å². The highest BCUT2D eigenvalue weighted by atomic mass is 16.2. The van der Waals surface area contributed by atoms with E-state index in [-0.39, 0.29) is 17.2 Å². The molecule has 0 aliphatic heterocycles. The number of pyridine rings is 1. The van der Waals surface area contributed by atoms with E-state index in [1.54, 1.807) is 6.20 Å². The average molecular weight is 261 g/mol. The van der Waals surface area contributed by atoms with Crippen molar-refractivity contribution in [1.29, 1.82) is 0 Å². The van der Waals surface area contributed by atoms with Crippen LogP contribution in [0.25, 0.3) is 0 Å². The Bertz CT molecular complexity index is 482. The minimum atomic E-state index is 0.0694. The van der Waals surface area contributed by atoms with Crippen LogP contribution in [0.5, 0.6) is 0 Å². The number of aryl methyl sites for hydroxylation is 1. The Morgan fingerprint density at radius 3 is 2.84 bits per heavy atom. The van der Waals surface area contributed by atoms with Crippen LogP contribution < -0.4 is 11.1 Å². The Balaban J connectivity index is 2.12. The third kappa shape index (κ3) is 3.06. The number of rotatable bonds is 2. The molecule has 0 bridgehead atoms. The summed E-state index contributed by atoms with van der Waals surface area (Å²) in [5.74, 6) is 0.783. The first-order valence-corrected chi connectivity index (χ1v) is 6.93. The van der Waals surface area contributed by atoms with Gasteiger partial charge in [-0.2, -0.15) is 0 Å². The summed E-state index contributed by atoms with van der Waals surface area (Å²) in [4.78, 5) is 16.6. The van der Waals surface area contributed by atoms with Crippen molar-refractivity contribution in [2.24, 2.45) is 11.3 Å². The van der Waals surface area contributed by atoms with Gasteiger partial charge in [0.15, 0.2) is 0 Å². The molecule has 1 aromatic heterocycles. The van der Waals surface area contributed by atoms with E-state index >= 15 is 0 Å². The highest BCUT2D eigenvalue weighted by Crippen LogP contribution is 2.41. The molecular formula is C15H23N3O. The Morgan fingerprint density at radius 2 is 2.21 bits per heavy atom. The van der Waals surface area contributed by atoms with Crippen LogP contribution >= 0.6 is 0 Å². The van der Waals surface area contributed by atoms with Crippen LogP contribution in [0.3, 0.4) is 0 Å². The van der Waals surface area contributed by atoms with Crippen molar-refractivity contribution in [3.05, 3.63) is 17.8 Å². The van der Waals surface area contributed by atoms with Gasteiger partial charge in [-0.05, 0) is 36.8 Å². The minimum absolute atomic E-state index is 0.0694. The zero-order valence-corrected chi connectivity index (χ0v) is 12.0. The first kappa shape index (κ1) is 13.8. The number of amides is 1. The zero-order valence-electron chi connectivity index (χ0n) is 12.0. The van der Waals surface area contributed by atoms with Crippen molar-refractivity contribution in [3.8, 4) is 0 Å². The molecule has 0 saturated heterocycles. The molecule has 104 valence electrons. The monoisotopic (exact) mass is 261 g/mol. The van der Waals surface area contributed by atoms with Crippen LogP contribution in [0, 0.1) is 18.3 Å². The molecule has 3 N–H and O–H groups in total. The number of anilines is 2. The second-order valence-electron chi connectivity index (χ2n) is 6.21. The number of aromatic nitrogens is 1. The van der Waals surface area contributed by atoms with Gasteiger partial charge in [-0.1, -0.05) is 26.7 Å². The highest BCUT2D eigenvalue weighted by molar-refractivity contribution is 5.93. The lowest BCUT2D eigenvalue weighted by Crippen LogP contribution is -2.37. The number of nitrogens with one attached hydrogen (secondary N) is 1. The van der Waals surface area contributed by atoms with Crippen molar-refractivity contribution in [3.63, 3.8) is 0 Å². The fourth-order valence-corrected chi connectivity index (χ4v) is 2.91. The molecule has 1 fully saturated rings. The van der Waals surface area contributed by atoms with Crippen LogP contribution in [0.2, 0.25) is 0 Å². The van der Waals surface area contributed by atoms with Gasteiger partial charge in [-0.3, -0.25) is 4.79 Å². The zero-order chi connectivity index (χ0) is 14.0. The largest absolute Gasteiger partial charge is 0.397 e.